The van der Waals surface area contributed by atoms with Gasteiger partial charge in [0.15, 0.2) is 5.96 Å². The van der Waals surface area contributed by atoms with Crippen LogP contribution in [0.1, 0.15) is 45.1 Å². The molecule has 0 amide bonds. The SMILES string of the molecule is CCN(CC)C(N)=NCCCCN1CCC(Cc2ccccc2)CC1.I. The summed E-state index contributed by atoms with van der Waals surface area (Å²) in [5.74, 6) is 1.56. The summed E-state index contributed by atoms with van der Waals surface area (Å²) in [5.41, 5.74) is 7.50. The fourth-order valence-electron chi connectivity index (χ4n) is 3.65. The molecule has 0 unspecified atom stereocenters. The number of nitrogens with two attached hydrogens (primary N) is 1. The largest absolute Gasteiger partial charge is 0.370 e. The van der Waals surface area contributed by atoms with Gasteiger partial charge >= 0.3 is 0 Å². The first kappa shape index (κ1) is 23.2. The molecule has 0 aromatic heterocycles. The van der Waals surface area contributed by atoms with Crippen molar-refractivity contribution in [3.05, 3.63) is 35.9 Å². The minimum absolute atomic E-state index is 0. The fourth-order valence-corrected chi connectivity index (χ4v) is 3.65. The van der Waals surface area contributed by atoms with Crippen molar-refractivity contribution < 1.29 is 0 Å². The van der Waals surface area contributed by atoms with E-state index < -0.39 is 0 Å². The molecule has 1 aliphatic rings. The van der Waals surface area contributed by atoms with E-state index in [-0.39, 0.29) is 24.0 Å². The zero-order valence-corrected chi connectivity index (χ0v) is 18.9. The molecule has 0 atom stereocenters. The highest BCUT2D eigenvalue weighted by Gasteiger charge is 2.18. The number of hydrogen-bond acceptors (Lipinski definition) is 2. The maximum atomic E-state index is 6.01. The van der Waals surface area contributed by atoms with Crippen LogP contribution in [0.3, 0.4) is 0 Å². The summed E-state index contributed by atoms with van der Waals surface area (Å²) in [6.45, 7) is 10.7. The van der Waals surface area contributed by atoms with Crippen LogP contribution in [-0.2, 0) is 6.42 Å². The van der Waals surface area contributed by atoms with Gasteiger partial charge in [-0.3, -0.25) is 4.99 Å². The molecule has 5 heteroatoms. The van der Waals surface area contributed by atoms with E-state index in [1.807, 2.05) is 0 Å². The van der Waals surface area contributed by atoms with Gasteiger partial charge in [0.25, 0.3) is 0 Å². The van der Waals surface area contributed by atoms with Gasteiger partial charge in [-0.2, -0.15) is 0 Å². The third-order valence-electron chi connectivity index (χ3n) is 5.32. The van der Waals surface area contributed by atoms with Gasteiger partial charge in [-0.1, -0.05) is 30.3 Å². The van der Waals surface area contributed by atoms with Crippen LogP contribution in [0.5, 0.6) is 0 Å². The van der Waals surface area contributed by atoms with Crippen LogP contribution in [-0.4, -0.2) is 55.0 Å². The minimum Gasteiger partial charge on any atom is -0.370 e. The standard InChI is InChI=1S/C21H36N4.HI/c1-3-25(4-2)21(22)23-14-8-9-15-24-16-12-20(13-17-24)18-19-10-6-5-7-11-19;/h5-7,10-11,20H,3-4,8-9,12-18H2,1-2H3,(H2,22,23);1H. The van der Waals surface area contributed by atoms with Crippen LogP contribution >= 0.6 is 24.0 Å². The first-order valence-electron chi connectivity index (χ1n) is 10.0. The van der Waals surface area contributed by atoms with Crippen LogP contribution in [0.4, 0.5) is 0 Å². The Hall–Kier alpha value is -0.820. The van der Waals surface area contributed by atoms with Crippen molar-refractivity contribution in [2.45, 2.75) is 46.0 Å². The maximum Gasteiger partial charge on any atom is 0.191 e. The van der Waals surface area contributed by atoms with Crippen LogP contribution in [0.2, 0.25) is 0 Å². The van der Waals surface area contributed by atoms with E-state index in [1.54, 1.807) is 0 Å². The van der Waals surface area contributed by atoms with E-state index in [4.69, 9.17) is 5.73 Å². The fraction of sp³-hybridized carbons (Fsp3) is 0.667. The highest BCUT2D eigenvalue weighted by Crippen LogP contribution is 2.21. The quantitative estimate of drug-likeness (QED) is 0.256. The monoisotopic (exact) mass is 472 g/mol. The smallest absolute Gasteiger partial charge is 0.191 e. The molecule has 1 saturated heterocycles. The van der Waals surface area contributed by atoms with Crippen LogP contribution in [0.25, 0.3) is 0 Å². The van der Waals surface area contributed by atoms with Crippen molar-refractivity contribution in [2.24, 2.45) is 16.6 Å². The highest BCUT2D eigenvalue weighted by atomic mass is 127. The molecule has 2 N–H and O–H groups in total. The second-order valence-corrected chi connectivity index (χ2v) is 7.09. The summed E-state index contributed by atoms with van der Waals surface area (Å²) in [5, 5.41) is 0. The summed E-state index contributed by atoms with van der Waals surface area (Å²) in [6.07, 6.45) is 6.27. The highest BCUT2D eigenvalue weighted by molar-refractivity contribution is 14.0. The van der Waals surface area contributed by atoms with Crippen molar-refractivity contribution in [1.29, 1.82) is 0 Å². The molecule has 0 saturated carbocycles. The zero-order valence-electron chi connectivity index (χ0n) is 16.6. The first-order valence-corrected chi connectivity index (χ1v) is 10.0. The van der Waals surface area contributed by atoms with Gasteiger partial charge in [0.1, 0.15) is 0 Å². The number of rotatable bonds is 9. The molecule has 0 radical (unpaired) electrons. The topological polar surface area (TPSA) is 44.9 Å². The average molecular weight is 472 g/mol. The van der Waals surface area contributed by atoms with E-state index in [1.165, 1.54) is 50.9 Å². The Kier molecular flexibility index (Phi) is 11.9. The van der Waals surface area contributed by atoms with Crippen LogP contribution < -0.4 is 5.73 Å². The van der Waals surface area contributed by atoms with Gasteiger partial charge in [0.2, 0.25) is 0 Å². The molecular weight excluding hydrogens is 435 g/mol. The molecule has 26 heavy (non-hydrogen) atoms. The van der Waals surface area contributed by atoms with Crippen molar-refractivity contribution in [2.75, 3.05) is 39.3 Å². The Morgan fingerprint density at radius 2 is 1.77 bits per heavy atom. The van der Waals surface area contributed by atoms with Crippen LogP contribution in [0.15, 0.2) is 35.3 Å². The number of likely N-dealkylation sites (tertiary alicyclic amines) is 1. The molecule has 0 bridgehead atoms. The Morgan fingerprint density at radius 1 is 1.12 bits per heavy atom. The Labute approximate surface area is 177 Å². The lowest BCUT2D eigenvalue weighted by Crippen LogP contribution is -2.37. The molecule has 4 nitrogen and oxygen atoms in total. The third kappa shape index (κ3) is 8.25. The van der Waals surface area contributed by atoms with Gasteiger partial charge < -0.3 is 15.5 Å². The normalized spacial score (nSPS) is 16.3. The number of nitrogens with zero attached hydrogens (tertiary/aromatic N) is 3. The molecular formula is C21H37IN4. The van der Waals surface area contributed by atoms with Crippen molar-refractivity contribution in [3.63, 3.8) is 0 Å². The lowest BCUT2D eigenvalue weighted by molar-refractivity contribution is 0.181. The van der Waals surface area contributed by atoms with E-state index in [2.05, 4.69) is 59.0 Å². The van der Waals surface area contributed by atoms with Gasteiger partial charge in [-0.15, -0.1) is 24.0 Å². The predicted molar refractivity (Wildman–Crippen MR) is 123 cm³/mol. The predicted octanol–water partition coefficient (Wildman–Crippen LogP) is 4.00. The lowest BCUT2D eigenvalue weighted by atomic mass is 9.90. The van der Waals surface area contributed by atoms with Gasteiger partial charge in [0, 0.05) is 19.6 Å². The second kappa shape index (κ2) is 13.4. The van der Waals surface area contributed by atoms with E-state index in [0.717, 1.165) is 32.0 Å². The summed E-state index contributed by atoms with van der Waals surface area (Å²) in [7, 11) is 0. The Balaban J connectivity index is 0.00000338. The van der Waals surface area contributed by atoms with Gasteiger partial charge in [-0.05, 0) is 77.1 Å². The lowest BCUT2D eigenvalue weighted by Gasteiger charge is -2.32. The van der Waals surface area contributed by atoms with Gasteiger partial charge in [-0.25, -0.2) is 0 Å². The van der Waals surface area contributed by atoms with Gasteiger partial charge in [0.05, 0.1) is 0 Å². The van der Waals surface area contributed by atoms with E-state index >= 15 is 0 Å². The molecule has 1 aromatic rings. The third-order valence-corrected chi connectivity index (χ3v) is 5.32. The zero-order chi connectivity index (χ0) is 17.9. The summed E-state index contributed by atoms with van der Waals surface area (Å²) in [6, 6.07) is 10.9. The molecule has 0 aliphatic carbocycles. The second-order valence-electron chi connectivity index (χ2n) is 7.09. The number of halogens is 1. The maximum absolute atomic E-state index is 6.01. The van der Waals surface area contributed by atoms with E-state index in [0.29, 0.717) is 5.96 Å². The molecule has 1 heterocycles. The summed E-state index contributed by atoms with van der Waals surface area (Å²) < 4.78 is 0. The molecule has 0 spiro atoms. The number of piperidine rings is 1. The van der Waals surface area contributed by atoms with Crippen molar-refractivity contribution in [1.82, 2.24) is 9.80 Å². The first-order chi connectivity index (χ1) is 12.2. The number of benzene rings is 1. The van der Waals surface area contributed by atoms with Crippen LogP contribution in [0, 0.1) is 5.92 Å². The number of guanidine groups is 1. The number of aliphatic imine (C=N–C) groups is 1. The molecule has 148 valence electrons. The number of hydrogen-bond donors (Lipinski definition) is 1. The van der Waals surface area contributed by atoms with E-state index in [9.17, 15) is 0 Å². The molecule has 2 rings (SSSR count). The van der Waals surface area contributed by atoms with Crippen molar-refractivity contribution in [3.8, 4) is 0 Å². The molecule has 1 aliphatic heterocycles. The van der Waals surface area contributed by atoms with Crippen molar-refractivity contribution >= 4 is 29.9 Å². The summed E-state index contributed by atoms with van der Waals surface area (Å²) in [4.78, 5) is 9.24. The Bertz CT molecular complexity index is 494. The molecule has 1 aromatic carbocycles. The average Bonchev–Trinajstić information content (AvgIpc) is 2.65. The minimum atomic E-state index is 0. The Morgan fingerprint density at radius 3 is 2.38 bits per heavy atom. The number of unbranched alkanes of at least 4 members (excludes halogenated alkanes) is 1. The molecule has 1 fully saturated rings. The summed E-state index contributed by atoms with van der Waals surface area (Å²) >= 11 is 0.